The van der Waals surface area contributed by atoms with E-state index in [2.05, 4.69) is 0 Å². The summed E-state index contributed by atoms with van der Waals surface area (Å²) in [6, 6.07) is 5.36. The molecule has 0 aromatic heterocycles. The molecule has 0 amide bonds. The Kier molecular flexibility index (Phi) is 6.43. The summed E-state index contributed by atoms with van der Waals surface area (Å²) in [5.74, 6) is -2.03. The normalized spacial score (nSPS) is 11.5. The Balaban J connectivity index is 2.39. The largest absolute Gasteiger partial charge is 0.478 e. The maximum atomic E-state index is 11.6. The number of benzene rings is 1. The van der Waals surface area contributed by atoms with Crippen LogP contribution in [0.5, 0.6) is 0 Å². The molecule has 1 aromatic rings. The highest BCUT2D eigenvalue weighted by molar-refractivity contribution is 14.1. The molecule has 0 saturated heterocycles. The Morgan fingerprint density at radius 2 is 1.60 bits per heavy atom. The quantitative estimate of drug-likeness (QED) is 0.344. The molecule has 1 atom stereocenters. The fourth-order valence-electron chi connectivity index (χ4n) is 1.22. The third-order valence-corrected chi connectivity index (χ3v) is 2.76. The first-order valence-electron chi connectivity index (χ1n) is 5.73. The first-order chi connectivity index (χ1) is 9.41. The lowest BCUT2D eigenvalue weighted by Gasteiger charge is -2.07. The lowest BCUT2D eigenvalue weighted by atomic mass is 10.1. The molecule has 1 N–H and O–H groups in total. The van der Waals surface area contributed by atoms with E-state index in [4.69, 9.17) is 14.6 Å². The van der Waals surface area contributed by atoms with Crippen LogP contribution in [0.4, 0.5) is 0 Å². The second-order valence-corrected chi connectivity index (χ2v) is 5.67. The smallest absolute Gasteiger partial charge is 0.338 e. The van der Waals surface area contributed by atoms with Gasteiger partial charge in [-0.15, -0.1) is 0 Å². The van der Waals surface area contributed by atoms with E-state index < -0.39 is 11.9 Å². The van der Waals surface area contributed by atoms with Gasteiger partial charge < -0.3 is 14.6 Å². The minimum Gasteiger partial charge on any atom is -0.478 e. The fraction of sp³-hybridized carbons (Fsp3) is 0.308. The van der Waals surface area contributed by atoms with Gasteiger partial charge in [0, 0.05) is 0 Å². The molecular weight excluding hydrogens is 379 g/mol. The Hall–Kier alpha value is -1.64. The van der Waals surface area contributed by atoms with Crippen LogP contribution in [0.2, 0.25) is 0 Å². The second-order valence-electron chi connectivity index (χ2n) is 3.80. The summed E-state index contributed by atoms with van der Waals surface area (Å²) in [6.07, 6.45) is 0. The van der Waals surface area contributed by atoms with Gasteiger partial charge in [-0.2, -0.15) is 0 Å². The van der Waals surface area contributed by atoms with Crippen LogP contribution >= 0.6 is 22.6 Å². The number of carbonyl (C=O) groups excluding carboxylic acids is 2. The number of halogens is 1. The summed E-state index contributed by atoms with van der Waals surface area (Å²) >= 11 is 1.92. The van der Waals surface area contributed by atoms with Crippen molar-refractivity contribution < 1.29 is 29.0 Å². The molecular formula is C13H13IO6. The van der Waals surface area contributed by atoms with Crippen LogP contribution in [0.3, 0.4) is 0 Å². The van der Waals surface area contributed by atoms with E-state index in [-0.39, 0.29) is 34.2 Å². The molecule has 6 nitrogen and oxygen atoms in total. The highest BCUT2D eigenvalue weighted by atomic mass is 127. The van der Waals surface area contributed by atoms with Crippen molar-refractivity contribution in [2.45, 2.75) is 10.8 Å². The zero-order valence-electron chi connectivity index (χ0n) is 10.7. The summed E-state index contributed by atoms with van der Waals surface area (Å²) in [6.45, 7) is 1.64. The first kappa shape index (κ1) is 16.4. The van der Waals surface area contributed by atoms with Gasteiger partial charge in [-0.05, 0) is 31.2 Å². The minimum atomic E-state index is -1.07. The number of hydrogen-bond donors (Lipinski definition) is 1. The van der Waals surface area contributed by atoms with Gasteiger partial charge in [0.05, 0.1) is 11.1 Å². The zero-order chi connectivity index (χ0) is 15.1. The minimum absolute atomic E-state index is 0.00881. The van der Waals surface area contributed by atoms with Gasteiger partial charge >= 0.3 is 17.9 Å². The van der Waals surface area contributed by atoms with E-state index in [1.807, 2.05) is 22.6 Å². The number of carboxylic acid groups (broad SMARTS) is 1. The lowest BCUT2D eigenvalue weighted by molar-refractivity contribution is -0.143. The molecule has 0 radical (unpaired) electrons. The van der Waals surface area contributed by atoms with Crippen LogP contribution in [-0.4, -0.2) is 40.2 Å². The monoisotopic (exact) mass is 392 g/mol. The number of aromatic carboxylic acids is 1. The van der Waals surface area contributed by atoms with Crippen LogP contribution in [0.1, 0.15) is 27.6 Å². The number of hydrogen-bond acceptors (Lipinski definition) is 5. The highest BCUT2D eigenvalue weighted by Gasteiger charge is 2.11. The molecule has 0 fully saturated rings. The molecule has 20 heavy (non-hydrogen) atoms. The van der Waals surface area contributed by atoms with Crippen molar-refractivity contribution >= 4 is 40.5 Å². The zero-order valence-corrected chi connectivity index (χ0v) is 12.8. The van der Waals surface area contributed by atoms with Crippen LogP contribution in [0.25, 0.3) is 0 Å². The Bertz CT molecular complexity index is 494. The number of carbonyl (C=O) groups is 3. The third kappa shape index (κ3) is 5.16. The molecule has 0 aliphatic rings. The van der Waals surface area contributed by atoms with E-state index in [0.717, 1.165) is 0 Å². The summed E-state index contributed by atoms with van der Waals surface area (Å²) in [5, 5.41) is 8.72. The highest BCUT2D eigenvalue weighted by Crippen LogP contribution is 2.06. The molecule has 0 spiro atoms. The van der Waals surface area contributed by atoms with Gasteiger partial charge in [0.25, 0.3) is 0 Å². The number of esters is 2. The summed E-state index contributed by atoms with van der Waals surface area (Å²) in [7, 11) is 0. The lowest BCUT2D eigenvalue weighted by Crippen LogP contribution is -2.18. The number of alkyl halides is 1. The van der Waals surface area contributed by atoms with E-state index in [0.29, 0.717) is 0 Å². The van der Waals surface area contributed by atoms with Crippen molar-refractivity contribution in [3.8, 4) is 0 Å². The molecule has 7 heteroatoms. The van der Waals surface area contributed by atoms with E-state index >= 15 is 0 Å². The predicted molar refractivity (Wildman–Crippen MR) is 78.1 cm³/mol. The third-order valence-electron chi connectivity index (χ3n) is 2.25. The summed E-state index contributed by atoms with van der Waals surface area (Å²) < 4.78 is 9.47. The van der Waals surface area contributed by atoms with Crippen molar-refractivity contribution in [3.63, 3.8) is 0 Å². The Labute approximate surface area is 129 Å². The molecule has 1 aromatic carbocycles. The average Bonchev–Trinajstić information content (AvgIpc) is 2.43. The van der Waals surface area contributed by atoms with E-state index in [9.17, 15) is 14.4 Å². The first-order valence-corrected chi connectivity index (χ1v) is 6.97. The van der Waals surface area contributed by atoms with Gasteiger partial charge in [0.15, 0.2) is 0 Å². The van der Waals surface area contributed by atoms with Crippen molar-refractivity contribution in [1.82, 2.24) is 0 Å². The van der Waals surface area contributed by atoms with Crippen LogP contribution in [-0.2, 0) is 14.3 Å². The molecule has 0 aliphatic heterocycles. The van der Waals surface area contributed by atoms with Crippen molar-refractivity contribution in [2.24, 2.45) is 0 Å². The van der Waals surface area contributed by atoms with Crippen molar-refractivity contribution in [1.29, 1.82) is 0 Å². The average molecular weight is 392 g/mol. The molecule has 0 heterocycles. The van der Waals surface area contributed by atoms with Gasteiger partial charge in [0.1, 0.15) is 17.1 Å². The second kappa shape index (κ2) is 7.83. The maximum Gasteiger partial charge on any atom is 0.338 e. The van der Waals surface area contributed by atoms with E-state index in [1.165, 1.54) is 24.3 Å². The van der Waals surface area contributed by atoms with Crippen LogP contribution in [0.15, 0.2) is 24.3 Å². The maximum absolute atomic E-state index is 11.6. The van der Waals surface area contributed by atoms with Crippen molar-refractivity contribution in [2.75, 3.05) is 13.2 Å². The van der Waals surface area contributed by atoms with Gasteiger partial charge in [-0.25, -0.2) is 9.59 Å². The SMILES string of the molecule is CC(I)C(=O)OCCOC(=O)c1ccc(C(=O)O)cc1. The molecule has 108 valence electrons. The molecule has 1 rings (SSSR count). The predicted octanol–water partition coefficient (Wildman–Crippen LogP) is 1.91. The molecule has 0 bridgehead atoms. The number of ether oxygens (including phenoxy) is 2. The van der Waals surface area contributed by atoms with Gasteiger partial charge in [0.2, 0.25) is 0 Å². The van der Waals surface area contributed by atoms with Crippen LogP contribution in [0, 0.1) is 0 Å². The summed E-state index contributed by atoms with van der Waals surface area (Å²) in [4.78, 5) is 33.4. The standard InChI is InChI=1S/C13H13IO6/c1-8(14)12(17)19-6-7-20-13(18)10-4-2-9(3-5-10)11(15)16/h2-5,8H,6-7H2,1H3,(H,15,16). The van der Waals surface area contributed by atoms with Crippen LogP contribution < -0.4 is 0 Å². The molecule has 0 aliphatic carbocycles. The van der Waals surface area contributed by atoms with Gasteiger partial charge in [-0.3, -0.25) is 4.79 Å². The molecule has 0 saturated carbocycles. The topological polar surface area (TPSA) is 89.9 Å². The van der Waals surface area contributed by atoms with Gasteiger partial charge in [-0.1, -0.05) is 22.6 Å². The fourth-order valence-corrected chi connectivity index (χ4v) is 1.40. The number of rotatable bonds is 6. The Morgan fingerprint density at radius 1 is 1.10 bits per heavy atom. The number of carboxylic acids is 1. The Morgan fingerprint density at radius 3 is 2.10 bits per heavy atom. The van der Waals surface area contributed by atoms with Crippen molar-refractivity contribution in [3.05, 3.63) is 35.4 Å². The summed E-state index contributed by atoms with van der Waals surface area (Å²) in [5.41, 5.74) is 0.329. The molecule has 1 unspecified atom stereocenters. The van der Waals surface area contributed by atoms with E-state index in [1.54, 1.807) is 6.92 Å².